The number of nitrogens with two attached hydrogens (primary N) is 6. The van der Waals surface area contributed by atoms with E-state index in [0.717, 1.165) is 62.8 Å². The number of ether oxygens (including phenoxy) is 1. The average molecular weight is 1930 g/mol. The highest BCUT2D eigenvalue weighted by molar-refractivity contribution is 7.94. The Hall–Kier alpha value is -19.3. The van der Waals surface area contributed by atoms with Gasteiger partial charge in [-0.2, -0.15) is 35.7 Å². The number of aromatic amines is 1. The Morgan fingerprint density at radius 1 is 0.404 bits per heavy atom. The van der Waals surface area contributed by atoms with Crippen LogP contribution in [0.1, 0.15) is 40.0 Å². The molecule has 14 aromatic heterocycles. The predicted molar refractivity (Wildman–Crippen MR) is 534 cm³/mol. The van der Waals surface area contributed by atoms with Crippen molar-refractivity contribution in [3.05, 3.63) is 281 Å². The number of fused-ring (bicyclic) bond motifs is 6. The Balaban J connectivity index is 0.000000122. The van der Waals surface area contributed by atoms with Crippen molar-refractivity contribution in [3.8, 4) is 45.4 Å². The molecule has 0 aliphatic carbocycles. The van der Waals surface area contributed by atoms with Crippen LogP contribution in [0.5, 0.6) is 0 Å². The molecule has 0 spiro atoms. The third kappa shape index (κ3) is 22.7. The van der Waals surface area contributed by atoms with Gasteiger partial charge in [0, 0.05) is 54.1 Å². The number of carbonyl (C=O) groups is 4. The lowest BCUT2D eigenvalue weighted by Gasteiger charge is -2.11. The highest BCUT2D eigenvalue weighted by atomic mass is 32.2. The number of amides is 6. The number of thiophene rings is 1. The molecule has 0 aliphatic rings. The van der Waals surface area contributed by atoms with Gasteiger partial charge < -0.3 is 71.0 Å². The van der Waals surface area contributed by atoms with Crippen molar-refractivity contribution < 1.29 is 36.7 Å². The SMILES string of the molecule is CC(C)NC(=O)Nc1cccc(-n2ncc3c(N)ncnc32)c1.CCCC(=O)Nc1cccc(-n2ncc3c(N)ncnc32)c1.COCCC(=O)Nc1cccc(-n2ncc3c(N)ncnc32)c1.Nc1ncnc2c1cnn2-c1cccc(-c2ccn[nH]2)c1.Nc1ncnc2c1cnn2-c1cccc(NC(=O)Nc2ccccc2F)c1.Nc1ncnc2c1cnn2-c1cccc(NS(=O)(=O)c2cccs2)c1. The van der Waals surface area contributed by atoms with Gasteiger partial charge in [0.1, 0.15) is 82.9 Å². The van der Waals surface area contributed by atoms with Crippen molar-refractivity contribution in [1.82, 2.24) is 134 Å². The topological polar surface area (TPSA) is 642 Å². The van der Waals surface area contributed by atoms with Gasteiger partial charge in [-0.05, 0) is 153 Å². The standard InChI is InChI=1S/C18H14FN7O.C15H17N7O.C15H12N6O2S2.C15H16N6O2.C15H16N6O.C14H11N7/c19-14-6-1-2-7-15(14)25-18(27)24-11-4-3-5-12(8-11)26-17-13(9-23-26)16(20)21-10-22-17;1-9(2)20-15(23)21-10-4-3-5-11(6-10)22-14-12(7-19-22)13(16)17-8-18-14;16-14-12-8-19-21(15(12)18-9-17-14)11-4-1-3-10(7-11)20-25(22,23)13-5-2-6-24-13;1-23-6-5-13(22)20-10-3-2-4-11(7-10)21-15-12(8-19-21)14(16)17-9-18-15;1-2-4-13(22)20-10-5-3-6-11(7-10)21-15-12(8-19-21)14(16)17-9-18-15;15-13-11-7-19-21(14(11)17-8-16-13)10-3-1-2-9(6-10)12-4-5-18-20-12/h1-10H,(H2,20,21,22)(H2,24,25,27);3-9H,1-2H3,(H2,16,17,18)(H2,20,21,23);1-9,20H,(H2,16,17,18);2-4,7-9H,5-6H2,1H3,(H,20,22)(H2,16,17,18);3,5-9H,2,4H2,1H3,(H,20,22)(H2,16,17,18);1-8H,(H,18,20)(H2,15,16,17). The number of nitrogen functional groups attached to an aromatic ring is 6. The number of aromatic nitrogens is 26. The second-order valence-corrected chi connectivity index (χ2v) is 33.4. The van der Waals surface area contributed by atoms with Crippen molar-refractivity contribution in [1.29, 1.82) is 0 Å². The molecule has 21 aromatic rings. The van der Waals surface area contributed by atoms with E-state index in [1.54, 1.807) is 157 Å². The second-order valence-electron chi connectivity index (χ2n) is 30.5. The molecular weight excluding hydrogens is 1850 g/mol. The van der Waals surface area contributed by atoms with Crippen molar-refractivity contribution in [2.45, 2.75) is 50.3 Å². The van der Waals surface area contributed by atoms with E-state index in [1.165, 1.54) is 50.1 Å². The molecule has 141 heavy (non-hydrogen) atoms. The fraction of sp³-hybridized carbons (Fsp3) is 0.0978. The van der Waals surface area contributed by atoms with Crippen LogP contribution in [0.3, 0.4) is 0 Å². The van der Waals surface area contributed by atoms with Crippen molar-refractivity contribution in [2.24, 2.45) is 0 Å². The minimum Gasteiger partial charge on any atom is -0.384 e. The van der Waals surface area contributed by atoms with E-state index in [-0.39, 0.29) is 33.8 Å². The number of halogens is 1. The molecule has 0 radical (unpaired) electrons. The molecule has 0 atom stereocenters. The Morgan fingerprint density at radius 3 is 1.10 bits per heavy atom. The number of rotatable bonds is 21. The molecule has 7 aromatic carbocycles. The monoisotopic (exact) mass is 1930 g/mol. The normalized spacial score (nSPS) is 11.0. The van der Waals surface area contributed by atoms with Crippen molar-refractivity contribution in [3.63, 3.8) is 0 Å². The predicted octanol–water partition coefficient (Wildman–Crippen LogP) is 12.7. The Bertz CT molecular complexity index is 8170. The van der Waals surface area contributed by atoms with Gasteiger partial charge in [0.15, 0.2) is 33.9 Å². The number of sulfonamides is 1. The van der Waals surface area contributed by atoms with E-state index in [9.17, 15) is 32.0 Å². The van der Waals surface area contributed by atoms with Gasteiger partial charge in [-0.25, -0.2) is 110 Å². The van der Waals surface area contributed by atoms with E-state index in [1.807, 2.05) is 124 Å². The quantitative estimate of drug-likeness (QED) is 0.0318. The molecule has 49 heteroatoms. The number of anilines is 12. The summed E-state index contributed by atoms with van der Waals surface area (Å²) in [6.07, 6.45) is 21.4. The number of H-pyrrole nitrogens is 1. The van der Waals surface area contributed by atoms with Crippen LogP contribution in [-0.2, 0) is 24.3 Å². The van der Waals surface area contributed by atoms with Gasteiger partial charge in [-0.1, -0.05) is 67.6 Å². The number of carbonyl (C=O) groups excluding carboxylic acids is 4. The minimum absolute atomic E-state index is 0.00320. The molecule has 0 saturated carbocycles. The maximum atomic E-state index is 13.6. The third-order valence-corrected chi connectivity index (χ3v) is 23.2. The van der Waals surface area contributed by atoms with Crippen molar-refractivity contribution >= 4 is 180 Å². The fourth-order valence-electron chi connectivity index (χ4n) is 13.9. The lowest BCUT2D eigenvalue weighted by atomic mass is 10.1. The third-order valence-electron chi connectivity index (χ3n) is 20.4. The van der Waals surface area contributed by atoms with Crippen LogP contribution in [0.25, 0.3) is 112 Å². The first-order valence-electron chi connectivity index (χ1n) is 42.7. The summed E-state index contributed by atoms with van der Waals surface area (Å²) in [5.74, 6) is 1.63. The number of benzene rings is 7. The maximum Gasteiger partial charge on any atom is 0.323 e. The number of hydrogen-bond donors (Lipinski definition) is 14. The van der Waals surface area contributed by atoms with Crippen LogP contribution < -0.4 is 71.0 Å². The first-order chi connectivity index (χ1) is 68.4. The highest BCUT2D eigenvalue weighted by Crippen LogP contribution is 2.31. The molecule has 6 amide bonds. The Morgan fingerprint density at radius 2 is 0.752 bits per heavy atom. The van der Waals surface area contributed by atoms with Gasteiger partial charge in [0.05, 0.1) is 134 Å². The molecule has 0 aliphatic heterocycles. The Kier molecular flexibility index (Phi) is 29.2. The number of nitrogens with one attached hydrogen (secondary N) is 8. The van der Waals surface area contributed by atoms with Crippen LogP contribution in [-0.4, -0.2) is 181 Å². The number of hydrogen-bond acceptors (Lipinski definition) is 33. The van der Waals surface area contributed by atoms with Crippen molar-refractivity contribution in [2.75, 3.05) is 79.4 Å². The molecule has 46 nitrogen and oxygen atoms in total. The zero-order valence-electron chi connectivity index (χ0n) is 75.1. The van der Waals surface area contributed by atoms with Gasteiger partial charge in [0.25, 0.3) is 10.0 Å². The van der Waals surface area contributed by atoms with Gasteiger partial charge in [-0.15, -0.1) is 11.3 Å². The van der Waals surface area contributed by atoms with Gasteiger partial charge >= 0.3 is 12.1 Å². The molecule has 710 valence electrons. The van der Waals surface area contributed by atoms with Crippen LogP contribution in [0.4, 0.5) is 83.0 Å². The minimum atomic E-state index is -3.61. The molecule has 21 rings (SSSR count). The molecule has 20 N–H and O–H groups in total. The number of urea groups is 2. The number of nitrogens with zero attached hydrogens (tertiary/aromatic N) is 25. The zero-order valence-corrected chi connectivity index (χ0v) is 76.7. The largest absolute Gasteiger partial charge is 0.384 e. The number of methoxy groups -OCH3 is 1. The van der Waals surface area contributed by atoms with E-state index in [4.69, 9.17) is 39.1 Å². The summed E-state index contributed by atoms with van der Waals surface area (Å²) >= 11 is 1.16. The van der Waals surface area contributed by atoms with E-state index in [2.05, 4.69) is 137 Å². The average Bonchev–Trinajstić information content (AvgIpc) is 1.68. The lowest BCUT2D eigenvalue weighted by Crippen LogP contribution is -2.34. The smallest absolute Gasteiger partial charge is 0.323 e. The van der Waals surface area contributed by atoms with E-state index in [0.29, 0.717) is 149 Å². The summed E-state index contributed by atoms with van der Waals surface area (Å²) in [6, 6.07) is 54.2. The summed E-state index contributed by atoms with van der Waals surface area (Å²) < 4.78 is 56.0. The molecule has 14 heterocycles. The highest BCUT2D eigenvalue weighted by Gasteiger charge is 2.21. The first kappa shape index (κ1) is 94.8. The zero-order chi connectivity index (χ0) is 98.6. The summed E-state index contributed by atoms with van der Waals surface area (Å²) in [4.78, 5) is 96.4. The molecule has 0 saturated heterocycles. The van der Waals surface area contributed by atoms with E-state index < -0.39 is 21.9 Å². The van der Waals surface area contributed by atoms with Gasteiger partial charge in [-0.3, -0.25) is 19.4 Å². The summed E-state index contributed by atoms with van der Waals surface area (Å²) in [6.45, 7) is 6.15. The van der Waals surface area contributed by atoms with Crippen LogP contribution in [0.2, 0.25) is 0 Å². The fourth-order valence-corrected chi connectivity index (χ4v) is 15.9. The summed E-state index contributed by atoms with van der Waals surface area (Å²) in [5, 5.41) is 54.9. The maximum absolute atomic E-state index is 13.6. The first-order valence-corrected chi connectivity index (χ1v) is 45.1. The van der Waals surface area contributed by atoms with Crippen LogP contribution >= 0.6 is 11.3 Å². The van der Waals surface area contributed by atoms with Crippen LogP contribution in [0.15, 0.2) is 279 Å². The lowest BCUT2D eigenvalue weighted by molar-refractivity contribution is -0.117. The molecular formula is C92H86FN39O7S2. The summed E-state index contributed by atoms with van der Waals surface area (Å²) in [5.41, 5.74) is 48.2. The second kappa shape index (κ2) is 43.3. The van der Waals surface area contributed by atoms with E-state index >= 15 is 0 Å². The van der Waals surface area contributed by atoms with Crippen LogP contribution in [0, 0.1) is 5.82 Å². The molecule has 0 unspecified atom stereocenters. The van der Waals surface area contributed by atoms with Gasteiger partial charge in [0.2, 0.25) is 11.8 Å². The Labute approximate surface area is 802 Å². The molecule has 0 fully saturated rings. The number of para-hydroxylation sites is 1. The molecule has 0 bridgehead atoms. The summed E-state index contributed by atoms with van der Waals surface area (Å²) in [7, 11) is -2.05.